The molecule has 0 atom stereocenters. The highest BCUT2D eigenvalue weighted by Crippen LogP contribution is 2.38. The van der Waals surface area contributed by atoms with Gasteiger partial charge in [0.1, 0.15) is 5.82 Å². The summed E-state index contributed by atoms with van der Waals surface area (Å²) >= 11 is 0. The first-order valence-electron chi connectivity index (χ1n) is 11.6. The molecule has 1 fully saturated rings. The second-order valence-electron chi connectivity index (χ2n) is 8.93. The summed E-state index contributed by atoms with van der Waals surface area (Å²) in [4.78, 5) is 0. The lowest BCUT2D eigenvalue weighted by atomic mass is 9.77. The molecular weight excluding hydrogens is 367 g/mol. The molecule has 0 nitrogen and oxygen atoms in total. The van der Waals surface area contributed by atoms with Crippen molar-refractivity contribution in [3.05, 3.63) is 84.2 Å². The van der Waals surface area contributed by atoms with Crippen molar-refractivity contribution < 1.29 is 4.39 Å². The number of fused-ring (bicyclic) bond motifs is 1. The van der Waals surface area contributed by atoms with Crippen molar-refractivity contribution in [2.75, 3.05) is 0 Å². The van der Waals surface area contributed by atoms with Crippen LogP contribution in [-0.2, 0) is 6.42 Å². The van der Waals surface area contributed by atoms with Crippen molar-refractivity contribution in [1.29, 1.82) is 0 Å². The Morgan fingerprint density at radius 3 is 2.37 bits per heavy atom. The highest BCUT2D eigenvalue weighted by molar-refractivity contribution is 5.88. The summed E-state index contributed by atoms with van der Waals surface area (Å²) in [5, 5.41) is 1.67. The largest absolute Gasteiger partial charge is 0.206 e. The van der Waals surface area contributed by atoms with Crippen LogP contribution < -0.4 is 0 Å². The van der Waals surface area contributed by atoms with Crippen LogP contribution in [0.5, 0.6) is 0 Å². The predicted octanol–water partition coefficient (Wildman–Crippen LogP) is 8.84. The standard InChI is InChI=1S/C29H33F/c1-3-5-7-25-16-17-27-20-26(18-19-28(27)29(25)30)24-14-12-23(13-15-24)22-10-8-21(6-4-2)9-11-22/h3,12-22H,1,4-11H2,2H3. The maximum Gasteiger partial charge on any atom is 0.134 e. The van der Waals surface area contributed by atoms with Gasteiger partial charge in [0.15, 0.2) is 0 Å². The first-order chi connectivity index (χ1) is 14.7. The van der Waals surface area contributed by atoms with Crippen molar-refractivity contribution in [2.24, 2.45) is 5.92 Å². The number of aryl methyl sites for hydroxylation is 1. The zero-order chi connectivity index (χ0) is 20.9. The Labute approximate surface area is 180 Å². The van der Waals surface area contributed by atoms with Crippen molar-refractivity contribution in [1.82, 2.24) is 0 Å². The average Bonchev–Trinajstić information content (AvgIpc) is 2.79. The highest BCUT2D eigenvalue weighted by atomic mass is 19.1. The molecule has 0 aromatic heterocycles. The van der Waals surface area contributed by atoms with Crippen molar-refractivity contribution in [2.45, 2.75) is 64.2 Å². The van der Waals surface area contributed by atoms with Gasteiger partial charge in [-0.3, -0.25) is 0 Å². The quantitative estimate of drug-likeness (QED) is 0.347. The summed E-state index contributed by atoms with van der Waals surface area (Å²) in [5.41, 5.74) is 4.61. The molecule has 1 saturated carbocycles. The van der Waals surface area contributed by atoms with Crippen LogP contribution in [0.4, 0.5) is 4.39 Å². The first kappa shape index (κ1) is 20.8. The summed E-state index contributed by atoms with van der Waals surface area (Å²) in [6.45, 7) is 6.04. The van der Waals surface area contributed by atoms with Gasteiger partial charge in [-0.15, -0.1) is 6.58 Å². The van der Waals surface area contributed by atoms with E-state index in [9.17, 15) is 4.39 Å². The minimum absolute atomic E-state index is 0.0880. The van der Waals surface area contributed by atoms with Gasteiger partial charge in [0.05, 0.1) is 0 Å². The molecule has 0 amide bonds. The minimum atomic E-state index is -0.0880. The van der Waals surface area contributed by atoms with Crippen LogP contribution in [-0.4, -0.2) is 0 Å². The topological polar surface area (TPSA) is 0 Å². The third-order valence-electron chi connectivity index (χ3n) is 6.91. The molecule has 1 aliphatic carbocycles. The second kappa shape index (κ2) is 9.60. The van der Waals surface area contributed by atoms with Crippen LogP contribution in [0.3, 0.4) is 0 Å². The fraction of sp³-hybridized carbons (Fsp3) is 0.379. The van der Waals surface area contributed by atoms with Crippen molar-refractivity contribution in [3.63, 3.8) is 0 Å². The van der Waals surface area contributed by atoms with Crippen LogP contribution in [0.1, 0.15) is 68.9 Å². The number of allylic oxidation sites excluding steroid dienone is 1. The SMILES string of the molecule is C=CCCc1ccc2cc(-c3ccc(C4CCC(CCC)CC4)cc3)ccc2c1F. The third-order valence-corrected chi connectivity index (χ3v) is 6.91. The lowest BCUT2D eigenvalue weighted by Gasteiger charge is -2.28. The minimum Gasteiger partial charge on any atom is -0.206 e. The van der Waals surface area contributed by atoms with E-state index in [-0.39, 0.29) is 5.82 Å². The molecule has 3 aromatic carbocycles. The predicted molar refractivity (Wildman–Crippen MR) is 127 cm³/mol. The molecule has 0 aliphatic heterocycles. The zero-order valence-electron chi connectivity index (χ0n) is 18.2. The van der Waals surface area contributed by atoms with E-state index < -0.39 is 0 Å². The molecule has 30 heavy (non-hydrogen) atoms. The molecule has 0 heterocycles. The van der Waals surface area contributed by atoms with Crippen LogP contribution >= 0.6 is 0 Å². The summed E-state index contributed by atoms with van der Waals surface area (Å²) in [7, 11) is 0. The molecule has 0 N–H and O–H groups in total. The Bertz CT molecular complexity index is 991. The Hall–Kier alpha value is -2.41. The van der Waals surface area contributed by atoms with Gasteiger partial charge in [0.2, 0.25) is 0 Å². The number of hydrogen-bond acceptors (Lipinski definition) is 0. The van der Waals surface area contributed by atoms with Gasteiger partial charge in [-0.05, 0) is 84.1 Å². The highest BCUT2D eigenvalue weighted by Gasteiger charge is 2.21. The van der Waals surface area contributed by atoms with Gasteiger partial charge in [0, 0.05) is 5.39 Å². The smallest absolute Gasteiger partial charge is 0.134 e. The molecule has 4 rings (SSSR count). The summed E-state index contributed by atoms with van der Waals surface area (Å²) in [5.74, 6) is 1.57. The van der Waals surface area contributed by atoms with Gasteiger partial charge >= 0.3 is 0 Å². The lowest BCUT2D eigenvalue weighted by molar-refractivity contribution is 0.308. The molecule has 1 heteroatoms. The zero-order valence-corrected chi connectivity index (χ0v) is 18.2. The maximum absolute atomic E-state index is 14.8. The normalized spacial score (nSPS) is 19.1. The van der Waals surface area contributed by atoms with Gasteiger partial charge in [-0.1, -0.05) is 74.4 Å². The van der Waals surface area contributed by atoms with Crippen LogP contribution in [0.2, 0.25) is 0 Å². The van der Waals surface area contributed by atoms with E-state index in [1.165, 1.54) is 49.7 Å². The van der Waals surface area contributed by atoms with Crippen molar-refractivity contribution >= 4 is 10.8 Å². The molecule has 0 radical (unpaired) electrons. The summed E-state index contributed by atoms with van der Waals surface area (Å²) in [6, 6.07) is 19.2. The molecule has 3 aromatic rings. The lowest BCUT2D eigenvalue weighted by Crippen LogP contribution is -2.13. The van der Waals surface area contributed by atoms with Crippen LogP contribution in [0, 0.1) is 11.7 Å². The molecule has 1 aliphatic rings. The van der Waals surface area contributed by atoms with Gasteiger partial charge < -0.3 is 0 Å². The Kier molecular flexibility index (Phi) is 6.67. The maximum atomic E-state index is 14.8. The monoisotopic (exact) mass is 400 g/mol. The summed E-state index contributed by atoms with van der Waals surface area (Å²) in [6.07, 6.45) is 11.5. The fourth-order valence-corrected chi connectivity index (χ4v) is 5.11. The molecule has 156 valence electrons. The van der Waals surface area contributed by atoms with E-state index in [0.717, 1.165) is 28.9 Å². The Morgan fingerprint density at radius 2 is 1.67 bits per heavy atom. The number of benzene rings is 3. The van der Waals surface area contributed by atoms with Gasteiger partial charge in [-0.25, -0.2) is 4.39 Å². The van der Waals surface area contributed by atoms with Gasteiger partial charge in [0.25, 0.3) is 0 Å². The molecule has 0 saturated heterocycles. The van der Waals surface area contributed by atoms with Crippen LogP contribution in [0.15, 0.2) is 67.3 Å². The van der Waals surface area contributed by atoms with E-state index in [4.69, 9.17) is 0 Å². The van der Waals surface area contributed by atoms with E-state index >= 15 is 0 Å². The van der Waals surface area contributed by atoms with E-state index in [1.807, 2.05) is 30.3 Å². The molecule has 0 bridgehead atoms. The second-order valence-corrected chi connectivity index (χ2v) is 8.93. The number of rotatable bonds is 7. The number of hydrogen-bond donors (Lipinski definition) is 0. The Morgan fingerprint density at radius 1 is 0.933 bits per heavy atom. The third kappa shape index (κ3) is 4.51. The van der Waals surface area contributed by atoms with E-state index in [2.05, 4.69) is 43.8 Å². The fourth-order valence-electron chi connectivity index (χ4n) is 5.11. The Balaban J connectivity index is 1.50. The first-order valence-corrected chi connectivity index (χ1v) is 11.6. The average molecular weight is 401 g/mol. The van der Waals surface area contributed by atoms with Crippen LogP contribution in [0.25, 0.3) is 21.9 Å². The summed E-state index contributed by atoms with van der Waals surface area (Å²) < 4.78 is 14.8. The van der Waals surface area contributed by atoms with E-state index in [0.29, 0.717) is 17.7 Å². The van der Waals surface area contributed by atoms with Crippen molar-refractivity contribution in [3.8, 4) is 11.1 Å². The molecule has 0 spiro atoms. The molecule has 0 unspecified atom stereocenters. The van der Waals surface area contributed by atoms with E-state index in [1.54, 1.807) is 0 Å². The van der Waals surface area contributed by atoms with Gasteiger partial charge in [-0.2, -0.15) is 0 Å². The number of halogens is 1. The molecular formula is C29H33F.